The van der Waals surface area contributed by atoms with Crippen LogP contribution >= 0.6 is 0 Å². The minimum Gasteiger partial charge on any atom is -0.496 e. The molecule has 3 N–H and O–H groups in total. The fourth-order valence-corrected chi connectivity index (χ4v) is 2.53. The van der Waals surface area contributed by atoms with E-state index in [1.165, 1.54) is 10.9 Å². The second-order valence-electron chi connectivity index (χ2n) is 4.82. The normalized spacial score (nSPS) is 11.8. The Morgan fingerprint density at radius 3 is 2.62 bits per heavy atom. The van der Waals surface area contributed by atoms with Crippen LogP contribution in [0.5, 0.6) is 5.75 Å². The van der Waals surface area contributed by atoms with Crippen LogP contribution in [0.1, 0.15) is 24.9 Å². The summed E-state index contributed by atoms with van der Waals surface area (Å²) < 4.78 is 5.44. The van der Waals surface area contributed by atoms with Crippen LogP contribution in [0.2, 0.25) is 0 Å². The molecule has 0 radical (unpaired) electrons. The summed E-state index contributed by atoms with van der Waals surface area (Å²) in [5, 5.41) is 5.78. The fourth-order valence-electron chi connectivity index (χ4n) is 2.53. The highest BCUT2D eigenvalue weighted by molar-refractivity contribution is 5.91. The van der Waals surface area contributed by atoms with Crippen molar-refractivity contribution in [3.63, 3.8) is 0 Å². The summed E-state index contributed by atoms with van der Waals surface area (Å²) >= 11 is 0. The van der Waals surface area contributed by atoms with E-state index < -0.39 is 0 Å². The van der Waals surface area contributed by atoms with Crippen LogP contribution < -0.4 is 15.8 Å². The molecule has 1 unspecified atom stereocenters. The maximum atomic E-state index is 5.95. The monoisotopic (exact) mass is 282 g/mol. The Bertz CT molecular complexity index is 655. The van der Waals surface area contributed by atoms with Gasteiger partial charge in [0.05, 0.1) is 7.11 Å². The molecule has 0 aromatic heterocycles. The van der Waals surface area contributed by atoms with Crippen LogP contribution in [0, 0.1) is 11.8 Å². The van der Waals surface area contributed by atoms with E-state index in [1.807, 2.05) is 25.1 Å². The van der Waals surface area contributed by atoms with Crippen molar-refractivity contribution >= 4 is 10.8 Å². The number of hydrogen-bond donors (Lipinski definition) is 2. The standard InChI is InChI=1S/C18H22N2O/c1-3-4-7-12-20-17(13-19)15-10-11-18(21-2)16-9-6-5-8-14(15)16/h5-6,8-11,17,20H,7,12-13,19H2,1-2H3. The minimum absolute atomic E-state index is 0.125. The highest BCUT2D eigenvalue weighted by Gasteiger charge is 2.13. The number of nitrogens with two attached hydrogens (primary N) is 1. The van der Waals surface area contributed by atoms with E-state index in [0.717, 1.165) is 24.1 Å². The molecule has 0 saturated heterocycles. The van der Waals surface area contributed by atoms with Crippen molar-refractivity contribution in [1.82, 2.24) is 5.32 Å². The SMILES string of the molecule is CC#CCCNC(CN)c1ccc(OC)c2ccccc12. The molecule has 0 heterocycles. The Labute approximate surface area is 126 Å². The Kier molecular flexibility index (Phi) is 5.62. The van der Waals surface area contributed by atoms with E-state index in [0.29, 0.717) is 6.54 Å². The van der Waals surface area contributed by atoms with Crippen LogP contribution in [0.3, 0.4) is 0 Å². The lowest BCUT2D eigenvalue weighted by molar-refractivity contribution is 0.419. The summed E-state index contributed by atoms with van der Waals surface area (Å²) in [7, 11) is 1.70. The average molecular weight is 282 g/mol. The van der Waals surface area contributed by atoms with Crippen molar-refractivity contribution in [1.29, 1.82) is 0 Å². The van der Waals surface area contributed by atoms with Gasteiger partial charge in [0.15, 0.2) is 0 Å². The van der Waals surface area contributed by atoms with Crippen molar-refractivity contribution in [3.05, 3.63) is 42.0 Å². The number of hydrogen-bond acceptors (Lipinski definition) is 3. The first-order valence-electron chi connectivity index (χ1n) is 7.20. The van der Waals surface area contributed by atoms with E-state index in [1.54, 1.807) is 7.11 Å². The quantitative estimate of drug-likeness (QED) is 0.632. The topological polar surface area (TPSA) is 47.3 Å². The van der Waals surface area contributed by atoms with E-state index in [2.05, 4.69) is 35.4 Å². The highest BCUT2D eigenvalue weighted by atomic mass is 16.5. The molecule has 0 aliphatic rings. The number of rotatable bonds is 6. The summed E-state index contributed by atoms with van der Waals surface area (Å²) in [5.41, 5.74) is 7.16. The van der Waals surface area contributed by atoms with Gasteiger partial charge in [0, 0.05) is 30.9 Å². The molecule has 21 heavy (non-hydrogen) atoms. The molecule has 2 aromatic carbocycles. The lowest BCUT2D eigenvalue weighted by atomic mass is 9.98. The summed E-state index contributed by atoms with van der Waals surface area (Å²) in [6, 6.07) is 12.5. The van der Waals surface area contributed by atoms with Crippen LogP contribution in [0.25, 0.3) is 10.8 Å². The predicted octanol–water partition coefficient (Wildman–Crippen LogP) is 2.85. The van der Waals surface area contributed by atoms with Gasteiger partial charge in [0.25, 0.3) is 0 Å². The molecule has 0 aliphatic carbocycles. The summed E-state index contributed by atoms with van der Waals surface area (Å²) in [6.45, 7) is 3.25. The number of benzene rings is 2. The van der Waals surface area contributed by atoms with E-state index in [9.17, 15) is 0 Å². The maximum Gasteiger partial charge on any atom is 0.126 e. The molecule has 2 rings (SSSR count). The third-order valence-electron chi connectivity index (χ3n) is 3.57. The third kappa shape index (κ3) is 3.55. The molecular formula is C18H22N2O. The molecule has 0 aliphatic heterocycles. The molecule has 0 amide bonds. The van der Waals surface area contributed by atoms with Gasteiger partial charge >= 0.3 is 0 Å². The predicted molar refractivity (Wildman–Crippen MR) is 88.4 cm³/mol. The number of methoxy groups -OCH3 is 1. The molecule has 0 saturated carbocycles. The fraction of sp³-hybridized carbons (Fsp3) is 0.333. The molecule has 0 bridgehead atoms. The molecule has 0 fully saturated rings. The van der Waals surface area contributed by atoms with Crippen LogP contribution in [-0.4, -0.2) is 20.2 Å². The third-order valence-corrected chi connectivity index (χ3v) is 3.57. The Hall–Kier alpha value is -2.02. The smallest absolute Gasteiger partial charge is 0.126 e. The van der Waals surface area contributed by atoms with Gasteiger partial charge < -0.3 is 15.8 Å². The summed E-state index contributed by atoms with van der Waals surface area (Å²) in [6.07, 6.45) is 0.834. The van der Waals surface area contributed by atoms with Crippen LogP contribution in [0.4, 0.5) is 0 Å². The van der Waals surface area contributed by atoms with Gasteiger partial charge in [0.1, 0.15) is 5.75 Å². The maximum absolute atomic E-state index is 5.95. The summed E-state index contributed by atoms with van der Waals surface area (Å²) in [4.78, 5) is 0. The van der Waals surface area contributed by atoms with Gasteiger partial charge in [-0.2, -0.15) is 0 Å². The van der Waals surface area contributed by atoms with Gasteiger partial charge in [-0.25, -0.2) is 0 Å². The Morgan fingerprint density at radius 1 is 1.19 bits per heavy atom. The molecule has 2 aromatic rings. The van der Waals surface area contributed by atoms with Gasteiger partial charge in [0.2, 0.25) is 0 Å². The van der Waals surface area contributed by atoms with E-state index in [4.69, 9.17) is 10.5 Å². The van der Waals surface area contributed by atoms with E-state index in [-0.39, 0.29) is 6.04 Å². The molecular weight excluding hydrogens is 260 g/mol. The summed E-state index contributed by atoms with van der Waals surface area (Å²) in [5.74, 6) is 6.86. The zero-order valence-corrected chi connectivity index (χ0v) is 12.6. The second kappa shape index (κ2) is 7.68. The zero-order valence-electron chi connectivity index (χ0n) is 12.6. The zero-order chi connectivity index (χ0) is 15.1. The molecule has 3 heteroatoms. The molecule has 110 valence electrons. The minimum atomic E-state index is 0.125. The highest BCUT2D eigenvalue weighted by Crippen LogP contribution is 2.31. The lowest BCUT2D eigenvalue weighted by Crippen LogP contribution is -2.29. The van der Waals surface area contributed by atoms with Gasteiger partial charge in [-0.15, -0.1) is 11.8 Å². The largest absolute Gasteiger partial charge is 0.496 e. The van der Waals surface area contributed by atoms with Crippen molar-refractivity contribution in [2.45, 2.75) is 19.4 Å². The van der Waals surface area contributed by atoms with Crippen molar-refractivity contribution < 1.29 is 4.74 Å². The number of ether oxygens (including phenoxy) is 1. The van der Waals surface area contributed by atoms with Crippen molar-refractivity contribution in [2.75, 3.05) is 20.2 Å². The molecule has 1 atom stereocenters. The first kappa shape index (κ1) is 15.4. The molecule has 0 spiro atoms. The second-order valence-corrected chi connectivity index (χ2v) is 4.82. The Balaban J connectivity index is 2.32. The molecule has 3 nitrogen and oxygen atoms in total. The van der Waals surface area contributed by atoms with Crippen LogP contribution in [-0.2, 0) is 0 Å². The Morgan fingerprint density at radius 2 is 1.95 bits per heavy atom. The average Bonchev–Trinajstić information content (AvgIpc) is 2.54. The number of fused-ring (bicyclic) bond motifs is 1. The first-order valence-corrected chi connectivity index (χ1v) is 7.20. The van der Waals surface area contributed by atoms with Crippen molar-refractivity contribution in [2.24, 2.45) is 5.73 Å². The van der Waals surface area contributed by atoms with E-state index >= 15 is 0 Å². The van der Waals surface area contributed by atoms with Gasteiger partial charge in [-0.05, 0) is 23.9 Å². The lowest BCUT2D eigenvalue weighted by Gasteiger charge is -2.20. The first-order chi connectivity index (χ1) is 10.3. The van der Waals surface area contributed by atoms with Crippen molar-refractivity contribution in [3.8, 4) is 17.6 Å². The van der Waals surface area contributed by atoms with Gasteiger partial charge in [-0.1, -0.05) is 30.3 Å². The van der Waals surface area contributed by atoms with Crippen LogP contribution in [0.15, 0.2) is 36.4 Å². The van der Waals surface area contributed by atoms with Gasteiger partial charge in [-0.3, -0.25) is 0 Å². The number of nitrogens with one attached hydrogen (secondary N) is 1.